The molecule has 0 saturated heterocycles. The minimum absolute atomic E-state index is 0.187. The van der Waals surface area contributed by atoms with Crippen LogP contribution in [0.15, 0.2) is 58.2 Å². The first-order valence-corrected chi connectivity index (χ1v) is 8.80. The number of nitrogens with zero attached hydrogens (tertiary/aromatic N) is 4. The summed E-state index contributed by atoms with van der Waals surface area (Å²) in [4.78, 5) is 21.3. The summed E-state index contributed by atoms with van der Waals surface area (Å²) in [6, 6.07) is 8.55. The highest BCUT2D eigenvalue weighted by molar-refractivity contribution is 6.69. The van der Waals surface area contributed by atoms with Gasteiger partial charge in [-0.25, -0.2) is 18.9 Å². The van der Waals surface area contributed by atoms with Gasteiger partial charge < -0.3 is 0 Å². The molecule has 1 aliphatic heterocycles. The normalized spacial score (nSPS) is 17.4. The van der Waals surface area contributed by atoms with E-state index in [-0.39, 0.29) is 22.6 Å². The van der Waals surface area contributed by atoms with Crippen molar-refractivity contribution in [2.45, 2.75) is 11.8 Å². The van der Waals surface area contributed by atoms with E-state index in [2.05, 4.69) is 15.1 Å². The second-order valence-electron chi connectivity index (χ2n) is 5.95. The maximum Gasteiger partial charge on any atom is 0.433 e. The van der Waals surface area contributed by atoms with E-state index in [4.69, 9.17) is 23.2 Å². The van der Waals surface area contributed by atoms with Gasteiger partial charge in [-0.3, -0.25) is 14.8 Å². The molecule has 1 atom stereocenters. The van der Waals surface area contributed by atoms with Gasteiger partial charge in [-0.15, -0.1) is 0 Å². The number of aliphatic imine (C=N–C) groups is 1. The van der Waals surface area contributed by atoms with Gasteiger partial charge in [-0.2, -0.15) is 13.2 Å². The van der Waals surface area contributed by atoms with E-state index in [0.717, 1.165) is 17.2 Å². The number of fused-ring (bicyclic) bond motifs is 1. The van der Waals surface area contributed by atoms with Crippen molar-refractivity contribution in [3.8, 4) is 11.1 Å². The number of anilines is 1. The summed E-state index contributed by atoms with van der Waals surface area (Å²) in [5.74, 6) is -1.12. The predicted octanol–water partition coefficient (Wildman–Crippen LogP) is 4.50. The number of allylic oxidation sites excluding steroid dienone is 1. The maximum absolute atomic E-state index is 13.8. The van der Waals surface area contributed by atoms with Crippen LogP contribution in [0.2, 0.25) is 0 Å². The van der Waals surface area contributed by atoms with Gasteiger partial charge >= 0.3 is 6.18 Å². The van der Waals surface area contributed by atoms with Gasteiger partial charge in [0.05, 0.1) is 5.56 Å². The summed E-state index contributed by atoms with van der Waals surface area (Å²) in [5.41, 5.74) is -3.68. The van der Waals surface area contributed by atoms with E-state index in [1.165, 1.54) is 12.1 Å². The fourth-order valence-corrected chi connectivity index (χ4v) is 3.32. The van der Waals surface area contributed by atoms with E-state index in [1.54, 1.807) is 18.2 Å². The largest absolute Gasteiger partial charge is 0.433 e. The van der Waals surface area contributed by atoms with Gasteiger partial charge in [-0.1, -0.05) is 53.5 Å². The van der Waals surface area contributed by atoms with Crippen molar-refractivity contribution in [2.24, 2.45) is 4.99 Å². The lowest BCUT2D eigenvalue weighted by Crippen LogP contribution is -2.31. The second kappa shape index (κ2) is 6.89. The molecular formula is C17H9Cl2F4N5O. The molecule has 1 aromatic carbocycles. The van der Waals surface area contributed by atoms with Gasteiger partial charge in [0, 0.05) is 12.3 Å². The van der Waals surface area contributed by atoms with Crippen molar-refractivity contribution >= 4 is 39.8 Å². The summed E-state index contributed by atoms with van der Waals surface area (Å²) >= 11 is 11.6. The Balaban J connectivity index is 2.00. The molecule has 2 aromatic heterocycles. The number of rotatable bonds is 2. The van der Waals surface area contributed by atoms with Crippen LogP contribution in [0.4, 0.5) is 23.4 Å². The Hall–Kier alpha value is -2.85. The average molecular weight is 446 g/mol. The molecule has 0 radical (unpaired) electrons. The van der Waals surface area contributed by atoms with Crippen molar-refractivity contribution in [3.05, 3.63) is 64.5 Å². The molecule has 1 N–H and O–H groups in total. The van der Waals surface area contributed by atoms with Gasteiger partial charge in [0.1, 0.15) is 11.5 Å². The number of H-pyrrole nitrogens is 1. The summed E-state index contributed by atoms with van der Waals surface area (Å²) in [5, 5.41) is 1.59. The summed E-state index contributed by atoms with van der Waals surface area (Å²) in [7, 11) is 0. The minimum atomic E-state index is -4.78. The Labute approximate surface area is 169 Å². The quantitative estimate of drug-likeness (QED) is 0.358. The summed E-state index contributed by atoms with van der Waals surface area (Å²) in [6.07, 6.45) is -3.92. The Morgan fingerprint density at radius 2 is 1.86 bits per heavy atom. The van der Waals surface area contributed by atoms with Crippen molar-refractivity contribution in [1.82, 2.24) is 14.6 Å². The molecule has 150 valence electrons. The first-order valence-electron chi connectivity index (χ1n) is 7.98. The smallest absolute Gasteiger partial charge is 0.294 e. The minimum Gasteiger partial charge on any atom is -0.294 e. The summed E-state index contributed by atoms with van der Waals surface area (Å²) in [6.45, 7) is 0. The molecular weight excluding hydrogens is 437 g/mol. The maximum atomic E-state index is 13.8. The van der Waals surface area contributed by atoms with Gasteiger partial charge in [-0.05, 0) is 5.56 Å². The first kappa shape index (κ1) is 19.5. The van der Waals surface area contributed by atoms with Crippen molar-refractivity contribution in [2.75, 3.05) is 4.90 Å². The van der Waals surface area contributed by atoms with Crippen molar-refractivity contribution in [1.29, 1.82) is 0 Å². The van der Waals surface area contributed by atoms with E-state index in [1.807, 2.05) is 0 Å². The molecule has 4 rings (SSSR count). The van der Waals surface area contributed by atoms with E-state index in [0.29, 0.717) is 4.52 Å². The number of hydrogen-bond acceptors (Lipinski definition) is 4. The molecule has 0 aliphatic carbocycles. The number of nitrogens with one attached hydrogen (secondary N) is 1. The number of alkyl halides is 4. The number of aromatic amines is 1. The molecule has 3 aromatic rings. The molecule has 6 nitrogen and oxygen atoms in total. The lowest BCUT2D eigenvalue weighted by Gasteiger charge is -2.25. The van der Waals surface area contributed by atoms with Crippen molar-refractivity contribution < 1.29 is 17.6 Å². The molecule has 0 amide bonds. The van der Waals surface area contributed by atoms with Crippen molar-refractivity contribution in [3.63, 3.8) is 0 Å². The zero-order chi connectivity index (χ0) is 20.9. The van der Waals surface area contributed by atoms with Crippen LogP contribution in [0.3, 0.4) is 0 Å². The van der Waals surface area contributed by atoms with E-state index < -0.39 is 34.1 Å². The Morgan fingerprint density at radius 1 is 1.17 bits per heavy atom. The number of hydrogen-bond donors (Lipinski definition) is 1. The fourth-order valence-electron chi connectivity index (χ4n) is 2.87. The highest BCUT2D eigenvalue weighted by atomic mass is 35.5. The number of aromatic nitrogens is 3. The molecule has 12 heteroatoms. The monoisotopic (exact) mass is 445 g/mol. The van der Waals surface area contributed by atoms with Crippen LogP contribution in [0.1, 0.15) is 5.69 Å². The highest BCUT2D eigenvalue weighted by Crippen LogP contribution is 2.38. The standard InChI is InChI=1S/C17H9Cl2F4N5O/c18-14-9(20)7-27(16(19)25-14)10-6-11(29)28-15(24-10)12(8-4-2-1-3-5-8)13(26-28)17(21,22)23/h1-7,16,26H. The van der Waals surface area contributed by atoms with Crippen LogP contribution in [0.25, 0.3) is 16.8 Å². The average Bonchev–Trinajstić information content (AvgIpc) is 3.06. The zero-order valence-electron chi connectivity index (χ0n) is 14.1. The third-order valence-corrected chi connectivity index (χ3v) is 4.70. The molecule has 0 fully saturated rings. The van der Waals surface area contributed by atoms with E-state index in [9.17, 15) is 22.4 Å². The van der Waals surface area contributed by atoms with E-state index >= 15 is 0 Å². The van der Waals surface area contributed by atoms with Crippen LogP contribution in [-0.4, -0.2) is 25.4 Å². The zero-order valence-corrected chi connectivity index (χ0v) is 15.6. The third kappa shape index (κ3) is 3.38. The Bertz CT molecular complexity index is 1220. The molecule has 0 saturated carbocycles. The van der Waals surface area contributed by atoms with Crippen LogP contribution < -0.4 is 10.5 Å². The fraction of sp³-hybridized carbons (Fsp3) is 0.118. The Morgan fingerprint density at radius 3 is 2.52 bits per heavy atom. The highest BCUT2D eigenvalue weighted by Gasteiger charge is 2.38. The Kier molecular flexibility index (Phi) is 4.62. The molecule has 1 aliphatic rings. The topological polar surface area (TPSA) is 65.8 Å². The molecule has 29 heavy (non-hydrogen) atoms. The first-order chi connectivity index (χ1) is 13.7. The van der Waals surface area contributed by atoms with Crippen LogP contribution in [0.5, 0.6) is 0 Å². The van der Waals surface area contributed by atoms with Gasteiger partial charge in [0.25, 0.3) is 5.56 Å². The predicted molar refractivity (Wildman–Crippen MR) is 101 cm³/mol. The SMILES string of the molecule is O=c1cc(N2C=C(F)C(Cl)=NC2Cl)nc2c(-c3ccccc3)c(C(F)(F)F)[nH]n12. The molecule has 0 spiro atoms. The molecule has 1 unspecified atom stereocenters. The number of benzene rings is 1. The lowest BCUT2D eigenvalue weighted by molar-refractivity contribution is -0.140. The molecule has 0 bridgehead atoms. The third-order valence-electron chi connectivity index (χ3n) is 4.11. The lowest BCUT2D eigenvalue weighted by atomic mass is 10.1. The second-order valence-corrected chi connectivity index (χ2v) is 6.70. The van der Waals surface area contributed by atoms with Gasteiger partial charge in [0.15, 0.2) is 16.6 Å². The molecule has 3 heterocycles. The van der Waals surface area contributed by atoms with Crippen LogP contribution in [0, 0.1) is 0 Å². The number of halogens is 6. The van der Waals surface area contributed by atoms with Gasteiger partial charge in [0.2, 0.25) is 5.62 Å². The van der Waals surface area contributed by atoms with Crippen LogP contribution >= 0.6 is 23.2 Å². The summed E-state index contributed by atoms with van der Waals surface area (Å²) < 4.78 is 55.4. The van der Waals surface area contributed by atoms with Crippen LogP contribution in [-0.2, 0) is 6.18 Å².